The van der Waals surface area contributed by atoms with Gasteiger partial charge in [-0.3, -0.25) is 4.98 Å². The Morgan fingerprint density at radius 3 is 2.75 bits per heavy atom. The molecule has 1 fully saturated rings. The van der Waals surface area contributed by atoms with Gasteiger partial charge >= 0.3 is 6.18 Å². The average Bonchev–Trinajstić information content (AvgIpc) is 3.09. The summed E-state index contributed by atoms with van der Waals surface area (Å²) in [6.45, 7) is 0.554. The van der Waals surface area contributed by atoms with Crippen LogP contribution in [0.25, 0.3) is 5.82 Å². The molecule has 20 heavy (non-hydrogen) atoms. The van der Waals surface area contributed by atoms with E-state index in [1.807, 2.05) is 0 Å². The SMILES string of the molecule is FC(F)(F)c1ccn(-c2cncc(CNC3CC3)n2)n1. The van der Waals surface area contributed by atoms with Crippen LogP contribution in [0.15, 0.2) is 24.7 Å². The highest BCUT2D eigenvalue weighted by molar-refractivity contribution is 5.20. The molecule has 106 valence electrons. The van der Waals surface area contributed by atoms with E-state index < -0.39 is 11.9 Å². The van der Waals surface area contributed by atoms with E-state index in [4.69, 9.17) is 0 Å². The van der Waals surface area contributed by atoms with E-state index in [2.05, 4.69) is 20.4 Å². The van der Waals surface area contributed by atoms with Crippen LogP contribution in [0.2, 0.25) is 0 Å². The average molecular weight is 283 g/mol. The first-order valence-electron chi connectivity index (χ1n) is 6.20. The highest BCUT2D eigenvalue weighted by atomic mass is 19.4. The second-order valence-corrected chi connectivity index (χ2v) is 4.67. The van der Waals surface area contributed by atoms with Gasteiger partial charge in [0.1, 0.15) is 0 Å². The van der Waals surface area contributed by atoms with Crippen molar-refractivity contribution < 1.29 is 13.2 Å². The lowest BCUT2D eigenvalue weighted by Gasteiger charge is -2.05. The highest BCUT2D eigenvalue weighted by Crippen LogP contribution is 2.27. The van der Waals surface area contributed by atoms with Crippen molar-refractivity contribution in [3.05, 3.63) is 36.0 Å². The van der Waals surface area contributed by atoms with E-state index in [-0.39, 0.29) is 5.82 Å². The number of alkyl halides is 3. The van der Waals surface area contributed by atoms with Crippen LogP contribution in [0, 0.1) is 0 Å². The van der Waals surface area contributed by atoms with Crippen molar-refractivity contribution in [1.82, 2.24) is 25.1 Å². The Morgan fingerprint density at radius 1 is 1.30 bits per heavy atom. The predicted octanol–water partition coefficient (Wildman–Crippen LogP) is 1.93. The molecule has 5 nitrogen and oxygen atoms in total. The normalized spacial score (nSPS) is 15.6. The largest absolute Gasteiger partial charge is 0.435 e. The van der Waals surface area contributed by atoms with E-state index in [0.717, 1.165) is 23.6 Å². The van der Waals surface area contributed by atoms with Crippen molar-refractivity contribution in [2.45, 2.75) is 31.6 Å². The van der Waals surface area contributed by atoms with E-state index in [0.29, 0.717) is 18.3 Å². The molecular formula is C12H12F3N5. The monoisotopic (exact) mass is 283 g/mol. The van der Waals surface area contributed by atoms with Gasteiger partial charge in [-0.1, -0.05) is 0 Å². The number of halogens is 3. The lowest BCUT2D eigenvalue weighted by molar-refractivity contribution is -0.141. The maximum atomic E-state index is 12.5. The van der Waals surface area contributed by atoms with Crippen LogP contribution in [0.4, 0.5) is 13.2 Å². The lowest BCUT2D eigenvalue weighted by Crippen LogP contribution is -2.17. The van der Waals surface area contributed by atoms with Crippen molar-refractivity contribution >= 4 is 0 Å². The molecule has 0 bridgehead atoms. The van der Waals surface area contributed by atoms with Gasteiger partial charge in [-0.15, -0.1) is 0 Å². The summed E-state index contributed by atoms with van der Waals surface area (Å²) >= 11 is 0. The van der Waals surface area contributed by atoms with Gasteiger partial charge < -0.3 is 5.32 Å². The molecule has 0 amide bonds. The van der Waals surface area contributed by atoms with Gasteiger partial charge in [-0.25, -0.2) is 9.67 Å². The second kappa shape index (κ2) is 4.86. The molecule has 0 atom stereocenters. The van der Waals surface area contributed by atoms with Crippen molar-refractivity contribution in [2.75, 3.05) is 0 Å². The Balaban J connectivity index is 1.78. The molecule has 1 aliphatic rings. The van der Waals surface area contributed by atoms with Crippen LogP contribution >= 0.6 is 0 Å². The minimum absolute atomic E-state index is 0.274. The second-order valence-electron chi connectivity index (χ2n) is 4.67. The first kappa shape index (κ1) is 13.0. The fraction of sp³-hybridized carbons (Fsp3) is 0.417. The van der Waals surface area contributed by atoms with Gasteiger partial charge in [-0.05, 0) is 18.9 Å². The summed E-state index contributed by atoms with van der Waals surface area (Å²) < 4.78 is 38.6. The predicted molar refractivity (Wildman–Crippen MR) is 64.0 cm³/mol. The van der Waals surface area contributed by atoms with E-state index >= 15 is 0 Å². The zero-order valence-electron chi connectivity index (χ0n) is 10.4. The van der Waals surface area contributed by atoms with Crippen molar-refractivity contribution in [1.29, 1.82) is 0 Å². The van der Waals surface area contributed by atoms with E-state index in [1.165, 1.54) is 12.4 Å². The van der Waals surface area contributed by atoms with Crippen LogP contribution in [0.3, 0.4) is 0 Å². The third kappa shape index (κ3) is 2.96. The third-order valence-electron chi connectivity index (χ3n) is 2.94. The Morgan fingerprint density at radius 2 is 2.10 bits per heavy atom. The molecule has 2 heterocycles. The van der Waals surface area contributed by atoms with Crippen molar-refractivity contribution in [2.24, 2.45) is 0 Å². The molecule has 0 spiro atoms. The maximum Gasteiger partial charge on any atom is 0.435 e. The van der Waals surface area contributed by atoms with Crippen molar-refractivity contribution in [3.63, 3.8) is 0 Å². The molecule has 0 saturated heterocycles. The molecule has 1 aliphatic carbocycles. The standard InChI is InChI=1S/C12H12F3N5/c13-12(14,15)10-3-4-20(19-10)11-7-16-5-9(18-11)6-17-8-1-2-8/h3-5,7-8,17H,1-2,6H2. The molecule has 1 saturated carbocycles. The molecule has 2 aromatic heterocycles. The summed E-state index contributed by atoms with van der Waals surface area (Å²) in [5.41, 5.74) is -0.265. The van der Waals surface area contributed by atoms with Gasteiger partial charge in [0, 0.05) is 25.0 Å². The number of hydrogen-bond donors (Lipinski definition) is 1. The van der Waals surface area contributed by atoms with Crippen LogP contribution < -0.4 is 5.32 Å². The van der Waals surface area contributed by atoms with Crippen molar-refractivity contribution in [3.8, 4) is 5.82 Å². The summed E-state index contributed by atoms with van der Waals surface area (Å²) in [6.07, 6.45) is 2.05. The van der Waals surface area contributed by atoms with E-state index in [9.17, 15) is 13.2 Å². The molecule has 8 heteroatoms. The fourth-order valence-corrected chi connectivity index (χ4v) is 1.73. The van der Waals surface area contributed by atoms with Gasteiger partial charge in [0.05, 0.1) is 11.9 Å². The number of nitrogens with zero attached hydrogens (tertiary/aromatic N) is 4. The van der Waals surface area contributed by atoms with Gasteiger partial charge in [0.2, 0.25) is 0 Å². The number of aromatic nitrogens is 4. The molecule has 0 aliphatic heterocycles. The molecule has 0 radical (unpaired) electrons. The minimum Gasteiger partial charge on any atom is -0.308 e. The Labute approximate surface area is 112 Å². The number of rotatable bonds is 4. The van der Waals surface area contributed by atoms with E-state index in [1.54, 1.807) is 6.20 Å². The summed E-state index contributed by atoms with van der Waals surface area (Å²) in [6, 6.07) is 1.44. The van der Waals surface area contributed by atoms with Crippen LogP contribution in [-0.2, 0) is 12.7 Å². The first-order valence-corrected chi connectivity index (χ1v) is 6.20. The lowest BCUT2D eigenvalue weighted by atomic mass is 10.4. The molecular weight excluding hydrogens is 271 g/mol. The summed E-state index contributed by atoms with van der Waals surface area (Å²) in [5, 5.41) is 6.74. The molecule has 2 aromatic rings. The summed E-state index contributed by atoms with van der Waals surface area (Å²) in [7, 11) is 0. The smallest absolute Gasteiger partial charge is 0.308 e. The van der Waals surface area contributed by atoms with Crippen LogP contribution in [0.1, 0.15) is 24.2 Å². The Bertz CT molecular complexity index is 603. The molecule has 0 aromatic carbocycles. The molecule has 1 N–H and O–H groups in total. The van der Waals surface area contributed by atoms with Crippen LogP contribution in [0.5, 0.6) is 0 Å². The summed E-state index contributed by atoms with van der Waals surface area (Å²) in [4.78, 5) is 8.23. The van der Waals surface area contributed by atoms with Crippen LogP contribution in [-0.4, -0.2) is 25.8 Å². The first-order chi connectivity index (χ1) is 9.52. The zero-order valence-corrected chi connectivity index (χ0v) is 10.4. The maximum absolute atomic E-state index is 12.5. The Hall–Kier alpha value is -1.96. The third-order valence-corrected chi connectivity index (χ3v) is 2.94. The molecule has 3 rings (SSSR count). The highest BCUT2D eigenvalue weighted by Gasteiger charge is 2.33. The van der Waals surface area contributed by atoms with Gasteiger partial charge in [0.25, 0.3) is 0 Å². The zero-order chi connectivity index (χ0) is 14.2. The minimum atomic E-state index is -4.45. The number of nitrogens with one attached hydrogen (secondary N) is 1. The fourth-order valence-electron chi connectivity index (χ4n) is 1.73. The topological polar surface area (TPSA) is 55.6 Å². The quantitative estimate of drug-likeness (QED) is 0.931. The summed E-state index contributed by atoms with van der Waals surface area (Å²) in [5.74, 6) is 0.274. The Kier molecular flexibility index (Phi) is 3.17. The van der Waals surface area contributed by atoms with Gasteiger partial charge in [-0.2, -0.15) is 18.3 Å². The molecule has 0 unspecified atom stereocenters. The number of hydrogen-bond acceptors (Lipinski definition) is 4. The van der Waals surface area contributed by atoms with Gasteiger partial charge in [0.15, 0.2) is 11.5 Å².